The van der Waals surface area contributed by atoms with Gasteiger partial charge in [0.15, 0.2) is 0 Å². The Morgan fingerprint density at radius 1 is 1.28 bits per heavy atom. The quantitative estimate of drug-likeness (QED) is 0.833. The van der Waals surface area contributed by atoms with Gasteiger partial charge in [0.05, 0.1) is 0 Å². The van der Waals surface area contributed by atoms with Crippen molar-refractivity contribution < 1.29 is 4.74 Å². The van der Waals surface area contributed by atoms with Gasteiger partial charge in [0.1, 0.15) is 17.2 Å². The molecule has 0 radical (unpaired) electrons. The minimum absolute atomic E-state index is 0.110. The van der Waals surface area contributed by atoms with Gasteiger partial charge < -0.3 is 10.5 Å². The fourth-order valence-corrected chi connectivity index (χ4v) is 2.44. The molecule has 1 aliphatic rings. The minimum atomic E-state index is -0.110. The number of ether oxygens (including phenoxy) is 1. The van der Waals surface area contributed by atoms with E-state index < -0.39 is 0 Å². The first kappa shape index (κ1) is 11.1. The maximum absolute atomic E-state index is 5.91. The molecule has 3 nitrogen and oxygen atoms in total. The van der Waals surface area contributed by atoms with Gasteiger partial charge in [0.25, 0.3) is 0 Å². The molecule has 0 bridgehead atoms. The topological polar surface area (TPSA) is 48.1 Å². The smallest absolute Gasteiger partial charge is 0.131 e. The fraction of sp³-hybridized carbons (Fsp3) is 0.267. The molecule has 0 fully saturated rings. The molecule has 0 amide bonds. The molecule has 1 aromatic carbocycles. The molecular weight excluding hydrogens is 224 g/mol. The van der Waals surface area contributed by atoms with Crippen molar-refractivity contribution in [3.63, 3.8) is 0 Å². The summed E-state index contributed by atoms with van der Waals surface area (Å²) in [5.41, 5.74) is 9.11. The van der Waals surface area contributed by atoms with E-state index in [2.05, 4.69) is 24.9 Å². The summed E-state index contributed by atoms with van der Waals surface area (Å²) in [5, 5.41) is 0. The van der Waals surface area contributed by atoms with E-state index in [1.54, 1.807) is 6.20 Å². The largest absolute Gasteiger partial charge is 0.487 e. The van der Waals surface area contributed by atoms with Crippen molar-refractivity contribution in [3.8, 4) is 16.9 Å². The van der Waals surface area contributed by atoms with Crippen molar-refractivity contribution in [3.05, 3.63) is 42.1 Å². The standard InChI is InChI=1S/C15H16N2O/c1-15(2)9-11-8-10(5-6-13(11)18-15)12-4-3-7-17-14(12)16/h3-8H,9H2,1-2H3,(H2,16,17). The van der Waals surface area contributed by atoms with Crippen molar-refractivity contribution in [1.29, 1.82) is 0 Å². The molecule has 3 rings (SSSR count). The van der Waals surface area contributed by atoms with Gasteiger partial charge in [0, 0.05) is 18.2 Å². The van der Waals surface area contributed by atoms with Crippen LogP contribution in [0.3, 0.4) is 0 Å². The second kappa shape index (κ2) is 3.73. The lowest BCUT2D eigenvalue weighted by Crippen LogP contribution is -2.24. The number of anilines is 1. The summed E-state index contributed by atoms with van der Waals surface area (Å²) in [5.74, 6) is 1.54. The van der Waals surface area contributed by atoms with E-state index in [0.717, 1.165) is 23.3 Å². The molecule has 1 aliphatic heterocycles. The molecule has 0 aliphatic carbocycles. The number of rotatable bonds is 1. The first-order valence-electron chi connectivity index (χ1n) is 6.08. The predicted octanol–water partition coefficient (Wildman–Crippen LogP) is 3.04. The van der Waals surface area contributed by atoms with Gasteiger partial charge in [0.2, 0.25) is 0 Å². The number of nitrogen functional groups attached to an aromatic ring is 1. The van der Waals surface area contributed by atoms with E-state index in [1.807, 2.05) is 24.3 Å². The van der Waals surface area contributed by atoms with E-state index in [9.17, 15) is 0 Å². The predicted molar refractivity (Wildman–Crippen MR) is 72.5 cm³/mol. The Morgan fingerprint density at radius 3 is 2.89 bits per heavy atom. The van der Waals surface area contributed by atoms with Crippen LogP contribution in [0.2, 0.25) is 0 Å². The van der Waals surface area contributed by atoms with Crippen LogP contribution in [0, 0.1) is 0 Å². The Hall–Kier alpha value is -2.03. The Kier molecular flexibility index (Phi) is 2.30. The molecule has 2 aromatic rings. The maximum atomic E-state index is 5.91. The van der Waals surface area contributed by atoms with Crippen molar-refractivity contribution in [2.75, 3.05) is 5.73 Å². The molecule has 2 heterocycles. The molecule has 92 valence electrons. The molecule has 1 aromatic heterocycles. The van der Waals surface area contributed by atoms with Crippen LogP contribution in [0.15, 0.2) is 36.5 Å². The maximum Gasteiger partial charge on any atom is 0.131 e. The van der Waals surface area contributed by atoms with Gasteiger partial charge in [-0.2, -0.15) is 0 Å². The van der Waals surface area contributed by atoms with Crippen LogP contribution in [-0.2, 0) is 6.42 Å². The molecule has 2 N–H and O–H groups in total. The number of pyridine rings is 1. The number of hydrogen-bond donors (Lipinski definition) is 1. The van der Waals surface area contributed by atoms with E-state index in [0.29, 0.717) is 5.82 Å². The van der Waals surface area contributed by atoms with Crippen molar-refractivity contribution in [2.24, 2.45) is 0 Å². The van der Waals surface area contributed by atoms with E-state index in [4.69, 9.17) is 10.5 Å². The van der Waals surface area contributed by atoms with Crippen LogP contribution < -0.4 is 10.5 Å². The normalized spacial score (nSPS) is 16.1. The zero-order valence-corrected chi connectivity index (χ0v) is 10.6. The number of aromatic nitrogens is 1. The third-order valence-electron chi connectivity index (χ3n) is 3.21. The van der Waals surface area contributed by atoms with E-state index >= 15 is 0 Å². The molecule has 0 saturated carbocycles. The average Bonchev–Trinajstić information content (AvgIpc) is 2.62. The summed E-state index contributed by atoms with van der Waals surface area (Å²) < 4.78 is 5.87. The molecule has 0 saturated heterocycles. The van der Waals surface area contributed by atoms with Crippen LogP contribution in [-0.4, -0.2) is 10.6 Å². The second-order valence-corrected chi connectivity index (χ2v) is 5.30. The molecule has 3 heteroatoms. The summed E-state index contributed by atoms with van der Waals surface area (Å²) in [6.45, 7) is 4.20. The SMILES string of the molecule is CC1(C)Cc2cc(-c3cccnc3N)ccc2O1. The lowest BCUT2D eigenvalue weighted by molar-refractivity contribution is 0.138. The Balaban J connectivity index is 2.05. The lowest BCUT2D eigenvalue weighted by atomic mass is 9.98. The Morgan fingerprint density at radius 2 is 2.11 bits per heavy atom. The third-order valence-corrected chi connectivity index (χ3v) is 3.21. The first-order valence-corrected chi connectivity index (χ1v) is 6.08. The highest BCUT2D eigenvalue weighted by Gasteiger charge is 2.30. The highest BCUT2D eigenvalue weighted by atomic mass is 16.5. The molecule has 18 heavy (non-hydrogen) atoms. The van der Waals surface area contributed by atoms with Crippen molar-refractivity contribution >= 4 is 5.82 Å². The average molecular weight is 240 g/mol. The van der Waals surface area contributed by atoms with Gasteiger partial charge in [-0.3, -0.25) is 0 Å². The van der Waals surface area contributed by atoms with Gasteiger partial charge in [-0.15, -0.1) is 0 Å². The number of nitrogens with two attached hydrogens (primary N) is 1. The summed E-state index contributed by atoms with van der Waals surface area (Å²) in [4.78, 5) is 4.12. The van der Waals surface area contributed by atoms with Crippen LogP contribution in [0.4, 0.5) is 5.82 Å². The van der Waals surface area contributed by atoms with Gasteiger partial charge in [-0.1, -0.05) is 6.07 Å². The van der Waals surface area contributed by atoms with Crippen molar-refractivity contribution in [1.82, 2.24) is 4.98 Å². The summed E-state index contributed by atoms with van der Waals surface area (Å²) >= 11 is 0. The van der Waals surface area contributed by atoms with E-state index in [-0.39, 0.29) is 5.60 Å². The zero-order chi connectivity index (χ0) is 12.8. The number of nitrogens with zero attached hydrogens (tertiary/aromatic N) is 1. The van der Waals surface area contributed by atoms with Crippen LogP contribution in [0.1, 0.15) is 19.4 Å². The molecule has 0 unspecified atom stereocenters. The highest BCUT2D eigenvalue weighted by Crippen LogP contribution is 2.37. The fourth-order valence-electron chi connectivity index (χ4n) is 2.44. The zero-order valence-electron chi connectivity index (χ0n) is 10.6. The van der Waals surface area contributed by atoms with Crippen LogP contribution in [0.25, 0.3) is 11.1 Å². The Labute approximate surface area is 107 Å². The number of fused-ring (bicyclic) bond motifs is 1. The summed E-state index contributed by atoms with van der Waals surface area (Å²) in [7, 11) is 0. The third kappa shape index (κ3) is 1.82. The first-order chi connectivity index (χ1) is 8.55. The number of hydrogen-bond acceptors (Lipinski definition) is 3. The van der Waals surface area contributed by atoms with Gasteiger partial charge >= 0.3 is 0 Å². The van der Waals surface area contributed by atoms with Crippen molar-refractivity contribution in [2.45, 2.75) is 25.9 Å². The molecule has 0 atom stereocenters. The van der Waals surface area contributed by atoms with E-state index in [1.165, 1.54) is 5.56 Å². The molecular formula is C15H16N2O. The lowest BCUT2D eigenvalue weighted by Gasteiger charge is -2.16. The monoisotopic (exact) mass is 240 g/mol. The summed E-state index contributed by atoms with van der Waals surface area (Å²) in [6, 6.07) is 10.1. The molecule has 0 spiro atoms. The van der Waals surface area contributed by atoms with Crippen LogP contribution >= 0.6 is 0 Å². The Bertz CT molecular complexity index is 605. The van der Waals surface area contributed by atoms with Gasteiger partial charge in [-0.25, -0.2) is 4.98 Å². The number of benzene rings is 1. The van der Waals surface area contributed by atoms with Crippen LogP contribution in [0.5, 0.6) is 5.75 Å². The highest BCUT2D eigenvalue weighted by molar-refractivity contribution is 5.74. The van der Waals surface area contributed by atoms with Gasteiger partial charge in [-0.05, 0) is 49.2 Å². The second-order valence-electron chi connectivity index (χ2n) is 5.30. The summed E-state index contributed by atoms with van der Waals surface area (Å²) in [6.07, 6.45) is 2.63. The minimum Gasteiger partial charge on any atom is -0.487 e.